The predicted molar refractivity (Wildman–Crippen MR) is 101 cm³/mol. The number of aromatic amines is 1. The summed E-state index contributed by atoms with van der Waals surface area (Å²) in [6, 6.07) is 13.4. The van der Waals surface area contributed by atoms with E-state index in [0.717, 1.165) is 11.3 Å². The molecule has 1 N–H and O–H groups in total. The van der Waals surface area contributed by atoms with E-state index in [2.05, 4.69) is 31.6 Å². The van der Waals surface area contributed by atoms with Crippen LogP contribution < -0.4 is 5.56 Å². The highest BCUT2D eigenvalue weighted by molar-refractivity contribution is 7.98. The fourth-order valence-electron chi connectivity index (χ4n) is 2.80. The molecule has 0 aliphatic carbocycles. The van der Waals surface area contributed by atoms with Crippen LogP contribution >= 0.6 is 11.8 Å². The zero-order valence-electron chi connectivity index (χ0n) is 14.3. The number of benzene rings is 2. The SMILES string of the molecule is Cc1ccc(-n2nnnc2SCc2nc3ccccc3c(=O)[nH]2)c(C)c1. The molecule has 0 aliphatic heterocycles. The summed E-state index contributed by atoms with van der Waals surface area (Å²) < 4.78 is 1.71. The Kier molecular flexibility index (Phi) is 4.26. The van der Waals surface area contributed by atoms with Crippen molar-refractivity contribution in [1.29, 1.82) is 0 Å². The molecule has 0 aliphatic rings. The van der Waals surface area contributed by atoms with Crippen LogP contribution in [-0.2, 0) is 5.75 Å². The molecule has 0 bridgehead atoms. The van der Waals surface area contributed by atoms with Gasteiger partial charge < -0.3 is 4.98 Å². The van der Waals surface area contributed by atoms with Crippen LogP contribution in [0.15, 0.2) is 52.4 Å². The van der Waals surface area contributed by atoms with Crippen LogP contribution in [0.5, 0.6) is 0 Å². The van der Waals surface area contributed by atoms with E-state index in [-0.39, 0.29) is 5.56 Å². The molecule has 4 rings (SSSR count). The molecule has 130 valence electrons. The molecule has 0 saturated carbocycles. The third-order valence-electron chi connectivity index (χ3n) is 4.02. The number of hydrogen-bond donors (Lipinski definition) is 1. The van der Waals surface area contributed by atoms with Gasteiger partial charge in [-0.2, -0.15) is 4.68 Å². The maximum Gasteiger partial charge on any atom is 0.258 e. The molecule has 4 aromatic rings. The van der Waals surface area contributed by atoms with Gasteiger partial charge >= 0.3 is 0 Å². The van der Waals surface area contributed by atoms with Crippen LogP contribution in [0, 0.1) is 13.8 Å². The average molecular weight is 364 g/mol. The zero-order chi connectivity index (χ0) is 18.1. The van der Waals surface area contributed by atoms with E-state index in [1.54, 1.807) is 10.7 Å². The number of fused-ring (bicyclic) bond motifs is 1. The van der Waals surface area contributed by atoms with Gasteiger partial charge in [-0.1, -0.05) is 41.6 Å². The fourth-order valence-corrected chi connectivity index (χ4v) is 3.55. The lowest BCUT2D eigenvalue weighted by Gasteiger charge is -2.08. The van der Waals surface area contributed by atoms with Crippen LogP contribution in [0.4, 0.5) is 0 Å². The number of nitrogens with one attached hydrogen (secondary N) is 1. The van der Waals surface area contributed by atoms with E-state index in [1.807, 2.05) is 44.2 Å². The van der Waals surface area contributed by atoms with E-state index < -0.39 is 0 Å². The van der Waals surface area contributed by atoms with Gasteiger partial charge in [0.2, 0.25) is 5.16 Å². The summed E-state index contributed by atoms with van der Waals surface area (Å²) in [6.07, 6.45) is 0. The van der Waals surface area contributed by atoms with Gasteiger partial charge in [-0.25, -0.2) is 4.98 Å². The number of thioether (sulfide) groups is 1. The molecule has 26 heavy (non-hydrogen) atoms. The van der Waals surface area contributed by atoms with Gasteiger partial charge in [0, 0.05) is 0 Å². The summed E-state index contributed by atoms with van der Waals surface area (Å²) in [7, 11) is 0. The summed E-state index contributed by atoms with van der Waals surface area (Å²) in [5.41, 5.74) is 3.76. The third-order valence-corrected chi connectivity index (χ3v) is 4.95. The van der Waals surface area contributed by atoms with Gasteiger partial charge in [-0.3, -0.25) is 4.79 Å². The highest BCUT2D eigenvalue weighted by atomic mass is 32.2. The quantitative estimate of drug-likeness (QED) is 0.560. The lowest BCUT2D eigenvalue weighted by Crippen LogP contribution is -2.11. The van der Waals surface area contributed by atoms with E-state index in [9.17, 15) is 4.79 Å². The van der Waals surface area contributed by atoms with Gasteiger partial charge in [-0.15, -0.1) is 5.10 Å². The van der Waals surface area contributed by atoms with Crippen molar-refractivity contribution < 1.29 is 0 Å². The van der Waals surface area contributed by atoms with E-state index >= 15 is 0 Å². The number of rotatable bonds is 4. The second-order valence-electron chi connectivity index (χ2n) is 5.98. The Morgan fingerprint density at radius 1 is 1.15 bits per heavy atom. The summed E-state index contributed by atoms with van der Waals surface area (Å²) >= 11 is 1.43. The summed E-state index contributed by atoms with van der Waals surface area (Å²) in [6.45, 7) is 4.08. The minimum atomic E-state index is -0.139. The lowest BCUT2D eigenvalue weighted by atomic mass is 10.1. The van der Waals surface area contributed by atoms with Crippen molar-refractivity contribution in [3.05, 3.63) is 69.8 Å². The molecule has 0 amide bonds. The normalized spacial score (nSPS) is 11.2. The number of tetrazole rings is 1. The first kappa shape index (κ1) is 16.5. The highest BCUT2D eigenvalue weighted by Gasteiger charge is 2.12. The maximum absolute atomic E-state index is 12.2. The number of para-hydroxylation sites is 1. The second-order valence-corrected chi connectivity index (χ2v) is 6.92. The average Bonchev–Trinajstić information content (AvgIpc) is 3.08. The lowest BCUT2D eigenvalue weighted by molar-refractivity contribution is 0.751. The Labute approximate surface area is 153 Å². The largest absolute Gasteiger partial charge is 0.309 e. The topological polar surface area (TPSA) is 89.3 Å². The molecule has 0 radical (unpaired) electrons. The fraction of sp³-hybridized carbons (Fsp3) is 0.167. The van der Waals surface area contributed by atoms with Crippen LogP contribution in [0.2, 0.25) is 0 Å². The Hall–Kier alpha value is -3.00. The Morgan fingerprint density at radius 2 is 2.00 bits per heavy atom. The molecule has 2 aromatic carbocycles. The number of hydrogen-bond acceptors (Lipinski definition) is 6. The van der Waals surface area contributed by atoms with Gasteiger partial charge in [0.05, 0.1) is 22.3 Å². The van der Waals surface area contributed by atoms with Gasteiger partial charge in [0.15, 0.2) is 0 Å². The van der Waals surface area contributed by atoms with Crippen LogP contribution in [-0.4, -0.2) is 30.2 Å². The van der Waals surface area contributed by atoms with E-state index in [4.69, 9.17) is 0 Å². The summed E-state index contributed by atoms with van der Waals surface area (Å²) in [4.78, 5) is 19.5. The molecular formula is C18H16N6OS. The van der Waals surface area contributed by atoms with Gasteiger partial charge in [0.1, 0.15) is 5.82 Å². The molecule has 8 heteroatoms. The number of nitrogens with zero attached hydrogens (tertiary/aromatic N) is 5. The van der Waals surface area contributed by atoms with Gasteiger partial charge in [-0.05, 0) is 48.0 Å². The van der Waals surface area contributed by atoms with Gasteiger partial charge in [0.25, 0.3) is 5.56 Å². The molecule has 0 fully saturated rings. The van der Waals surface area contributed by atoms with Crippen LogP contribution in [0.1, 0.15) is 17.0 Å². The Bertz CT molecular complexity index is 1150. The molecule has 0 saturated heterocycles. The highest BCUT2D eigenvalue weighted by Crippen LogP contribution is 2.23. The molecule has 2 aromatic heterocycles. The number of aromatic nitrogens is 6. The smallest absolute Gasteiger partial charge is 0.258 e. The number of aryl methyl sites for hydroxylation is 2. The molecule has 0 spiro atoms. The Morgan fingerprint density at radius 3 is 2.85 bits per heavy atom. The van der Waals surface area contributed by atoms with Crippen molar-refractivity contribution in [1.82, 2.24) is 30.2 Å². The first-order valence-corrected chi connectivity index (χ1v) is 9.07. The zero-order valence-corrected chi connectivity index (χ0v) is 15.1. The van der Waals surface area contributed by atoms with E-state index in [1.165, 1.54) is 17.3 Å². The molecule has 0 unspecified atom stereocenters. The standard InChI is InChI=1S/C18H16N6OS/c1-11-7-8-15(12(2)9-11)24-18(21-22-23-24)26-10-16-19-14-6-4-3-5-13(14)17(25)20-16/h3-9H,10H2,1-2H3,(H,19,20,25). The van der Waals surface area contributed by atoms with Crippen molar-refractivity contribution in [2.24, 2.45) is 0 Å². The summed E-state index contributed by atoms with van der Waals surface area (Å²) in [5.74, 6) is 1.06. The molecule has 0 atom stereocenters. The maximum atomic E-state index is 12.2. The van der Waals surface area contributed by atoms with Crippen molar-refractivity contribution in [2.45, 2.75) is 24.8 Å². The van der Waals surface area contributed by atoms with Crippen molar-refractivity contribution in [2.75, 3.05) is 0 Å². The van der Waals surface area contributed by atoms with Crippen LogP contribution in [0.3, 0.4) is 0 Å². The Balaban J connectivity index is 1.62. The number of H-pyrrole nitrogens is 1. The second kappa shape index (κ2) is 6.72. The predicted octanol–water partition coefficient (Wildman–Crippen LogP) is 2.81. The van der Waals surface area contributed by atoms with E-state index in [0.29, 0.717) is 27.6 Å². The minimum Gasteiger partial charge on any atom is -0.309 e. The summed E-state index contributed by atoms with van der Waals surface area (Å²) in [5, 5.41) is 13.2. The molecule has 2 heterocycles. The molecule has 7 nitrogen and oxygen atoms in total. The third kappa shape index (κ3) is 3.11. The first-order chi connectivity index (χ1) is 12.6. The van der Waals surface area contributed by atoms with Crippen molar-refractivity contribution in [3.8, 4) is 5.69 Å². The van der Waals surface area contributed by atoms with Crippen molar-refractivity contribution >= 4 is 22.7 Å². The first-order valence-electron chi connectivity index (χ1n) is 8.08. The monoisotopic (exact) mass is 364 g/mol. The molecular weight excluding hydrogens is 348 g/mol. The van der Waals surface area contributed by atoms with Crippen molar-refractivity contribution in [3.63, 3.8) is 0 Å². The minimum absolute atomic E-state index is 0.139. The van der Waals surface area contributed by atoms with Crippen LogP contribution in [0.25, 0.3) is 16.6 Å².